The lowest BCUT2D eigenvalue weighted by atomic mass is 10.2. The fraction of sp³-hybridized carbons (Fsp3) is 0.400. The number of halogens is 2. The minimum Gasteiger partial charge on any atom is -1.00 e. The van der Waals surface area contributed by atoms with Gasteiger partial charge in [-0.1, -0.05) is 13.0 Å². The molecule has 0 N–H and O–H groups in total. The van der Waals surface area contributed by atoms with Gasteiger partial charge in [-0.05, 0) is 31.0 Å². The largest absolute Gasteiger partial charge is 1.00 e. The molecule has 0 atom stereocenters. The number of ether oxygens (including phenoxy) is 1. The van der Waals surface area contributed by atoms with Crippen LogP contribution in [0.15, 0.2) is 18.2 Å². The van der Waals surface area contributed by atoms with Crippen LogP contribution < -0.4 is 9.44 Å². The summed E-state index contributed by atoms with van der Waals surface area (Å²) in [6.45, 7) is 4.42. The third-order valence-corrected chi connectivity index (χ3v) is 1.55. The van der Waals surface area contributed by atoms with Crippen LogP contribution >= 0.6 is 0 Å². The minimum absolute atomic E-state index is 0. The van der Waals surface area contributed by atoms with Crippen LogP contribution in [0.5, 0.6) is 5.75 Å². The van der Waals surface area contributed by atoms with Gasteiger partial charge in [-0.3, -0.25) is 0 Å². The number of hydrogen-bond acceptors (Lipinski definition) is 1. The molecular formula is C10H13F2O-. The van der Waals surface area contributed by atoms with Crippen molar-refractivity contribution in [2.45, 2.75) is 20.3 Å². The fourth-order valence-electron chi connectivity index (χ4n) is 0.935. The molecule has 1 rings (SSSR count). The van der Waals surface area contributed by atoms with E-state index >= 15 is 0 Å². The molecular weight excluding hydrogens is 174 g/mol. The molecule has 1 aromatic carbocycles. The maximum atomic E-state index is 13.0. The van der Waals surface area contributed by atoms with Crippen LogP contribution in [0, 0.1) is 12.7 Å². The van der Waals surface area contributed by atoms with Gasteiger partial charge in [0.25, 0.3) is 0 Å². The Balaban J connectivity index is 0.00000144. The molecule has 0 aliphatic heterocycles. The zero-order valence-electron chi connectivity index (χ0n) is 7.81. The highest BCUT2D eigenvalue weighted by Crippen LogP contribution is 2.17. The van der Waals surface area contributed by atoms with Gasteiger partial charge in [0.05, 0.1) is 6.61 Å². The van der Waals surface area contributed by atoms with E-state index in [0.717, 1.165) is 12.0 Å². The van der Waals surface area contributed by atoms with E-state index in [-0.39, 0.29) is 10.5 Å². The Labute approximate surface area is 76.9 Å². The van der Waals surface area contributed by atoms with Gasteiger partial charge in [0.15, 0.2) is 11.6 Å². The lowest BCUT2D eigenvalue weighted by Crippen LogP contribution is -3.00. The Hall–Kier alpha value is -1.12. The molecule has 13 heavy (non-hydrogen) atoms. The van der Waals surface area contributed by atoms with E-state index in [1.165, 1.54) is 6.07 Å². The van der Waals surface area contributed by atoms with E-state index in [2.05, 4.69) is 0 Å². The van der Waals surface area contributed by atoms with Crippen LogP contribution in [0.4, 0.5) is 4.39 Å². The molecule has 0 heterocycles. The maximum absolute atomic E-state index is 13.0. The number of benzene rings is 1. The standard InChI is InChI=1S/C10H13FO.FH/c1-3-6-12-10-5-4-8(2)7-9(10)11;/h4-5,7H,3,6H2,1-2H3;1H/p-1. The third-order valence-electron chi connectivity index (χ3n) is 1.55. The second-order valence-corrected chi connectivity index (χ2v) is 2.78. The molecule has 1 nitrogen and oxygen atoms in total. The topological polar surface area (TPSA) is 9.23 Å². The number of rotatable bonds is 3. The zero-order chi connectivity index (χ0) is 8.97. The third kappa shape index (κ3) is 3.40. The fourth-order valence-corrected chi connectivity index (χ4v) is 0.935. The van der Waals surface area contributed by atoms with Gasteiger partial charge in [-0.15, -0.1) is 0 Å². The van der Waals surface area contributed by atoms with Crippen LogP contribution in [0.25, 0.3) is 0 Å². The quantitative estimate of drug-likeness (QED) is 0.643. The van der Waals surface area contributed by atoms with E-state index < -0.39 is 0 Å². The molecule has 74 valence electrons. The smallest absolute Gasteiger partial charge is 0.165 e. The molecule has 0 spiro atoms. The highest BCUT2D eigenvalue weighted by atomic mass is 19.1. The van der Waals surface area contributed by atoms with Crippen molar-refractivity contribution in [3.63, 3.8) is 0 Å². The summed E-state index contributed by atoms with van der Waals surface area (Å²) in [5.74, 6) is 0.0749. The Morgan fingerprint density at radius 1 is 1.38 bits per heavy atom. The summed E-state index contributed by atoms with van der Waals surface area (Å²) in [6.07, 6.45) is 0.896. The van der Waals surface area contributed by atoms with Crippen molar-refractivity contribution in [3.8, 4) is 5.75 Å². The van der Waals surface area contributed by atoms with Crippen LogP contribution in [0.2, 0.25) is 0 Å². The van der Waals surface area contributed by atoms with Gasteiger partial charge in [0, 0.05) is 0 Å². The first-order valence-corrected chi connectivity index (χ1v) is 4.13. The van der Waals surface area contributed by atoms with E-state index in [0.29, 0.717) is 12.4 Å². The maximum Gasteiger partial charge on any atom is 0.165 e. The van der Waals surface area contributed by atoms with Gasteiger partial charge in [-0.2, -0.15) is 0 Å². The van der Waals surface area contributed by atoms with Crippen molar-refractivity contribution < 1.29 is 13.8 Å². The van der Waals surface area contributed by atoms with E-state index in [9.17, 15) is 4.39 Å². The second-order valence-electron chi connectivity index (χ2n) is 2.78. The summed E-state index contributed by atoms with van der Waals surface area (Å²) in [6, 6.07) is 4.99. The highest BCUT2D eigenvalue weighted by Gasteiger charge is 2.01. The molecule has 0 amide bonds. The summed E-state index contributed by atoms with van der Waals surface area (Å²) in [5.41, 5.74) is 0.913. The predicted molar refractivity (Wildman–Crippen MR) is 46.9 cm³/mol. The first-order chi connectivity index (χ1) is 5.74. The van der Waals surface area contributed by atoms with E-state index in [1.807, 2.05) is 19.9 Å². The normalized spacial score (nSPS) is 9.15. The highest BCUT2D eigenvalue weighted by molar-refractivity contribution is 5.28. The molecule has 1 aromatic rings. The van der Waals surface area contributed by atoms with Crippen LogP contribution in [0.1, 0.15) is 18.9 Å². The monoisotopic (exact) mass is 187 g/mol. The molecule has 0 saturated heterocycles. The van der Waals surface area contributed by atoms with Crippen molar-refractivity contribution in [3.05, 3.63) is 29.6 Å². The van der Waals surface area contributed by atoms with Crippen LogP contribution in [0.3, 0.4) is 0 Å². The molecule has 0 aromatic heterocycles. The first kappa shape index (κ1) is 11.9. The molecule has 0 bridgehead atoms. The van der Waals surface area contributed by atoms with E-state index in [1.54, 1.807) is 6.07 Å². The summed E-state index contributed by atoms with van der Waals surface area (Å²) in [5, 5.41) is 0. The van der Waals surface area contributed by atoms with E-state index in [4.69, 9.17) is 4.74 Å². The average Bonchev–Trinajstić information content (AvgIpc) is 2.03. The zero-order valence-corrected chi connectivity index (χ0v) is 7.81. The molecule has 0 aliphatic rings. The Morgan fingerprint density at radius 3 is 2.62 bits per heavy atom. The summed E-state index contributed by atoms with van der Waals surface area (Å²) < 4.78 is 18.2. The van der Waals surface area contributed by atoms with Crippen LogP contribution in [-0.2, 0) is 0 Å². The average molecular weight is 187 g/mol. The lowest BCUT2D eigenvalue weighted by molar-refractivity contribution is -0.00000353. The van der Waals surface area contributed by atoms with Crippen molar-refractivity contribution in [2.24, 2.45) is 0 Å². The minimum atomic E-state index is -0.275. The van der Waals surface area contributed by atoms with Crippen molar-refractivity contribution in [1.29, 1.82) is 0 Å². The molecule has 0 radical (unpaired) electrons. The van der Waals surface area contributed by atoms with Gasteiger partial charge in [-0.25, -0.2) is 4.39 Å². The van der Waals surface area contributed by atoms with Gasteiger partial charge >= 0.3 is 0 Å². The van der Waals surface area contributed by atoms with Gasteiger partial charge in [0.2, 0.25) is 0 Å². The summed E-state index contributed by atoms with van der Waals surface area (Å²) >= 11 is 0. The Morgan fingerprint density at radius 2 is 2.08 bits per heavy atom. The van der Waals surface area contributed by atoms with Gasteiger partial charge < -0.3 is 9.44 Å². The number of hydrogen-bond donors (Lipinski definition) is 0. The summed E-state index contributed by atoms with van der Waals surface area (Å²) in [7, 11) is 0. The Bertz CT molecular complexity index is 261. The first-order valence-electron chi connectivity index (χ1n) is 4.13. The molecule has 0 unspecified atom stereocenters. The molecule has 3 heteroatoms. The van der Waals surface area contributed by atoms with Crippen LogP contribution in [-0.4, -0.2) is 6.61 Å². The van der Waals surface area contributed by atoms with Crippen molar-refractivity contribution in [1.82, 2.24) is 0 Å². The molecule has 0 aliphatic carbocycles. The Kier molecular flexibility index (Phi) is 5.04. The van der Waals surface area contributed by atoms with Crippen molar-refractivity contribution >= 4 is 0 Å². The molecule has 0 saturated carbocycles. The summed E-state index contributed by atoms with van der Waals surface area (Å²) in [4.78, 5) is 0. The lowest BCUT2D eigenvalue weighted by Gasteiger charge is -2.05. The van der Waals surface area contributed by atoms with Gasteiger partial charge in [0.1, 0.15) is 0 Å². The second kappa shape index (κ2) is 5.51. The number of aryl methyl sites for hydroxylation is 1. The SMILES string of the molecule is CCCOc1ccc(C)cc1F.[F-]. The van der Waals surface area contributed by atoms with Crippen molar-refractivity contribution in [2.75, 3.05) is 6.61 Å². The predicted octanol–water partition coefficient (Wildman–Crippen LogP) is -0.0731. The molecule has 0 fully saturated rings.